The van der Waals surface area contributed by atoms with E-state index in [0.29, 0.717) is 0 Å². The van der Waals surface area contributed by atoms with Gasteiger partial charge in [-0.1, -0.05) is 98.2 Å². The molecule has 0 amide bonds. The number of rotatable bonds is 1. The monoisotopic (exact) mass is 725 g/mol. The molecule has 56 heavy (non-hydrogen) atoms. The molecule has 0 radical (unpaired) electrons. The Bertz CT molecular complexity index is 2980. The summed E-state index contributed by atoms with van der Waals surface area (Å²) in [5.74, 6) is 3.77. The molecule has 0 aliphatic carbocycles. The van der Waals surface area contributed by atoms with Gasteiger partial charge in [-0.3, -0.25) is 0 Å². The van der Waals surface area contributed by atoms with Gasteiger partial charge >= 0.3 is 14.1 Å². The minimum Gasteiger partial charge on any atom is -0.458 e. The molecule has 8 heteroatoms. The number of hydrogen-bond acceptors (Lipinski definition) is 5. The molecule has 0 N–H and O–H groups in total. The Balaban J connectivity index is 1.16. The number of ether oxygens (including phenoxy) is 2. The molecule has 8 aromatic rings. The van der Waals surface area contributed by atoms with Gasteiger partial charge in [-0.05, 0) is 106 Å². The predicted molar refractivity (Wildman–Crippen MR) is 231 cm³/mol. The second-order valence-electron chi connectivity index (χ2n) is 15.9. The first-order valence-corrected chi connectivity index (χ1v) is 21.3. The summed E-state index contributed by atoms with van der Waals surface area (Å²) >= 11 is -2.13. The highest BCUT2D eigenvalue weighted by Gasteiger charge is 2.57. The number of benzene rings is 8. The summed E-state index contributed by atoms with van der Waals surface area (Å²) in [5.41, 5.74) is 19.2. The molecule has 15 rings (SSSR count). The van der Waals surface area contributed by atoms with Crippen LogP contribution in [0, 0.1) is 0 Å². The van der Waals surface area contributed by atoms with E-state index in [0.717, 1.165) is 23.0 Å². The molecule has 0 bridgehead atoms. The maximum absolute atomic E-state index is 6.79. The van der Waals surface area contributed by atoms with Crippen LogP contribution in [0.1, 0.15) is 0 Å². The summed E-state index contributed by atoms with van der Waals surface area (Å²) in [6, 6.07) is 58.3. The largest absolute Gasteiger partial charge is 0.458 e. The van der Waals surface area contributed by atoms with Crippen molar-refractivity contribution in [2.75, 3.05) is 14.7 Å². The second kappa shape index (κ2) is 9.80. The van der Waals surface area contributed by atoms with Crippen LogP contribution < -0.4 is 70.2 Å². The molecule has 7 aliphatic rings. The summed E-state index contributed by atoms with van der Waals surface area (Å²) in [6.45, 7) is 0.0535. The number of fused-ring (bicyclic) bond motifs is 10. The van der Waals surface area contributed by atoms with E-state index >= 15 is 0 Å². The van der Waals surface area contributed by atoms with E-state index in [1.165, 1.54) is 97.2 Å². The normalized spacial score (nSPS) is 15.2. The lowest BCUT2D eigenvalue weighted by Crippen LogP contribution is -2.73. The molecule has 0 saturated carbocycles. The lowest BCUT2D eigenvalue weighted by atomic mass is 9.31. The highest BCUT2D eigenvalue weighted by Crippen LogP contribution is 2.52. The second-order valence-corrected chi connectivity index (χ2v) is 18.5. The van der Waals surface area contributed by atoms with Crippen LogP contribution >= 0.6 is 0 Å². The van der Waals surface area contributed by atoms with Crippen LogP contribution in [-0.2, 0) is 0 Å². The van der Waals surface area contributed by atoms with Crippen LogP contribution in [0.15, 0.2) is 158 Å². The fourth-order valence-corrected chi connectivity index (χ4v) is 15.7. The molecule has 5 nitrogen and oxygen atoms in total. The van der Waals surface area contributed by atoms with Gasteiger partial charge in [0.2, 0.25) is 0 Å². The van der Waals surface area contributed by atoms with Crippen LogP contribution in [0.4, 0.5) is 51.2 Å². The van der Waals surface area contributed by atoms with E-state index in [1.807, 2.05) is 0 Å². The summed E-state index contributed by atoms with van der Waals surface area (Å²) in [4.78, 5) is 7.79. The van der Waals surface area contributed by atoms with Crippen LogP contribution in [0.5, 0.6) is 23.0 Å². The van der Waals surface area contributed by atoms with Crippen molar-refractivity contribution in [3.8, 4) is 23.0 Å². The van der Waals surface area contributed by atoms with Crippen molar-refractivity contribution >= 4 is 125 Å². The number of anilines is 9. The highest BCUT2D eigenvalue weighted by atomic mass is 27.2. The van der Waals surface area contributed by atoms with Crippen LogP contribution in [0.2, 0.25) is 0 Å². The Morgan fingerprint density at radius 1 is 0.357 bits per heavy atom. The molecule has 0 fully saturated rings. The van der Waals surface area contributed by atoms with Crippen LogP contribution in [0.3, 0.4) is 0 Å². The first-order valence-electron chi connectivity index (χ1n) is 19.5. The van der Waals surface area contributed by atoms with Gasteiger partial charge in [0.1, 0.15) is 23.0 Å². The minimum atomic E-state index is -2.13. The zero-order chi connectivity index (χ0) is 36.0. The van der Waals surface area contributed by atoms with Gasteiger partial charge < -0.3 is 24.2 Å². The van der Waals surface area contributed by atoms with Gasteiger partial charge in [0.25, 0.3) is 13.4 Å². The third kappa shape index (κ3) is 3.17. The maximum atomic E-state index is 6.79. The third-order valence-corrected chi connectivity index (χ3v) is 16.9. The molecular weight excluding hydrogens is 699 g/mol. The van der Waals surface area contributed by atoms with Crippen molar-refractivity contribution < 1.29 is 9.47 Å². The predicted octanol–water partition coefficient (Wildman–Crippen LogP) is 5.42. The summed E-state index contributed by atoms with van der Waals surface area (Å²) in [7, 11) is 0. The maximum Gasteiger partial charge on any atom is 0.403 e. The van der Waals surface area contributed by atoms with E-state index in [-0.39, 0.29) is 13.4 Å². The molecule has 7 aliphatic heterocycles. The lowest BCUT2D eigenvalue weighted by molar-refractivity contribution is 0.487. The van der Waals surface area contributed by atoms with Gasteiger partial charge in [0.05, 0.1) is 0 Å². The first kappa shape index (κ1) is 28.8. The van der Waals surface area contributed by atoms with Gasteiger partial charge in [0.15, 0.2) is 0 Å². The minimum absolute atomic E-state index is 0.0268. The Morgan fingerprint density at radius 3 is 1.32 bits per heavy atom. The quantitative estimate of drug-likeness (QED) is 0.211. The smallest absolute Gasteiger partial charge is 0.403 e. The van der Waals surface area contributed by atoms with Crippen molar-refractivity contribution in [3.63, 3.8) is 0 Å². The zero-order valence-corrected chi connectivity index (χ0v) is 31.1. The van der Waals surface area contributed by atoms with Crippen molar-refractivity contribution in [1.29, 1.82) is 0 Å². The van der Waals surface area contributed by atoms with Crippen LogP contribution in [-0.4, -0.2) is 27.6 Å². The average Bonchev–Trinajstić information content (AvgIpc) is 3.25. The Morgan fingerprint density at radius 2 is 0.786 bits per heavy atom. The van der Waals surface area contributed by atoms with E-state index in [1.54, 1.807) is 0 Å². The Kier molecular flexibility index (Phi) is 5.04. The van der Waals surface area contributed by atoms with Gasteiger partial charge in [0, 0.05) is 51.2 Å². The van der Waals surface area contributed by atoms with Gasteiger partial charge in [-0.25, -0.2) is 0 Å². The fourth-order valence-electron chi connectivity index (χ4n) is 11.6. The summed E-state index contributed by atoms with van der Waals surface area (Å²) in [6.07, 6.45) is 0. The Labute approximate surface area is 328 Å². The molecule has 7 heterocycles. The van der Waals surface area contributed by atoms with Crippen molar-refractivity contribution in [1.82, 2.24) is 0 Å². The summed E-state index contributed by atoms with van der Waals surface area (Å²) in [5, 5.41) is 0. The van der Waals surface area contributed by atoms with E-state index in [2.05, 4.69) is 172 Å². The van der Waals surface area contributed by atoms with Gasteiger partial charge in [-0.2, -0.15) is 0 Å². The molecule has 0 atom stereocenters. The molecular formula is C48H26AlB2N3O2. The number of nitrogens with zero attached hydrogens (tertiary/aromatic N) is 3. The molecule has 0 saturated heterocycles. The molecule has 0 aromatic heterocycles. The topological polar surface area (TPSA) is 28.2 Å². The Hall–Kier alpha value is -6.58. The van der Waals surface area contributed by atoms with Crippen LogP contribution in [0.25, 0.3) is 0 Å². The summed E-state index contributed by atoms with van der Waals surface area (Å²) < 4.78 is 18.1. The first-order chi connectivity index (χ1) is 27.8. The molecule has 254 valence electrons. The average molecular weight is 725 g/mol. The molecule has 8 aromatic carbocycles. The third-order valence-electron chi connectivity index (χ3n) is 13.4. The van der Waals surface area contributed by atoms with Crippen molar-refractivity contribution in [3.05, 3.63) is 158 Å². The fraction of sp³-hybridized carbons (Fsp3) is 0. The van der Waals surface area contributed by atoms with Crippen molar-refractivity contribution in [2.24, 2.45) is 0 Å². The number of para-hydroxylation sites is 3. The lowest BCUT2D eigenvalue weighted by Gasteiger charge is -2.54. The molecule has 0 spiro atoms. The zero-order valence-electron chi connectivity index (χ0n) is 29.9. The SMILES string of the molecule is c1ccc(N2c3cccc4[c]3[Al]3[c]5c2cccc5N2c5cccc6c5B(c5ccccc5O6)c5cc6c([c]3c52)N4c2cccc3c2B6c2ccccc2O3)cc1. The molecule has 0 unspecified atom stereocenters. The number of hydrogen-bond donors (Lipinski definition) is 0. The van der Waals surface area contributed by atoms with E-state index in [4.69, 9.17) is 9.47 Å². The van der Waals surface area contributed by atoms with Crippen molar-refractivity contribution in [2.45, 2.75) is 0 Å². The standard InChI is InChI=1S/C48H26B2N3O2.Al/c1-2-12-30(13-3-1)51-31-14-8-16-33(26-31)52-39-20-10-24-45-47(39)49(35-18-4-6-22-43(35)54-45)37-28-38-42(29-41(37)52)53(34-17-9-15-32(51)27-34)40-21-11-25-46-48(40)50(38)36-19-5-7-23-44(36)55-46;/h1-25,28H;. The van der Waals surface area contributed by atoms with E-state index in [9.17, 15) is 0 Å². The highest BCUT2D eigenvalue weighted by molar-refractivity contribution is 7.08. The van der Waals surface area contributed by atoms with Gasteiger partial charge in [-0.15, -0.1) is 0 Å². The van der Waals surface area contributed by atoms with E-state index < -0.39 is 14.1 Å².